The van der Waals surface area contributed by atoms with Crippen molar-refractivity contribution in [2.45, 2.75) is 51.9 Å². The number of benzene rings is 2. The van der Waals surface area contributed by atoms with Gasteiger partial charge in [-0.1, -0.05) is 62.4 Å². The largest absolute Gasteiger partial charge is 0.508 e. The molecule has 3 aromatic rings. The van der Waals surface area contributed by atoms with Crippen LogP contribution in [0.2, 0.25) is 0 Å². The van der Waals surface area contributed by atoms with Crippen LogP contribution in [0.15, 0.2) is 46.9 Å². The molecule has 1 fully saturated rings. The van der Waals surface area contributed by atoms with Gasteiger partial charge < -0.3 is 14.3 Å². The summed E-state index contributed by atoms with van der Waals surface area (Å²) in [5.41, 5.74) is 2.64. The Balaban J connectivity index is 1.77. The van der Waals surface area contributed by atoms with Crippen molar-refractivity contribution in [3.8, 4) is 17.1 Å². The fourth-order valence-electron chi connectivity index (χ4n) is 4.56. The molecule has 4 rings (SSSR count). The van der Waals surface area contributed by atoms with Crippen molar-refractivity contribution < 1.29 is 19.1 Å². The minimum atomic E-state index is -0.409. The topological polar surface area (TPSA) is 59.7 Å². The van der Waals surface area contributed by atoms with Gasteiger partial charge in [-0.25, -0.2) is 4.79 Å². The van der Waals surface area contributed by atoms with E-state index in [2.05, 4.69) is 0 Å². The molecule has 1 aliphatic rings. The molecule has 0 bridgehead atoms. The Morgan fingerprint density at radius 3 is 2.62 bits per heavy atom. The molecule has 1 N–H and O–H groups in total. The smallest absolute Gasteiger partial charge is 0.342 e. The number of aromatic hydroxyl groups is 1. The van der Waals surface area contributed by atoms with E-state index >= 15 is 0 Å². The normalized spacial score (nSPS) is 14.5. The number of furan rings is 1. The molecular weight excluding hydrogens is 364 g/mol. The van der Waals surface area contributed by atoms with Crippen molar-refractivity contribution in [2.24, 2.45) is 5.92 Å². The van der Waals surface area contributed by atoms with Crippen molar-refractivity contribution in [2.75, 3.05) is 6.61 Å². The molecule has 1 aromatic heterocycles. The summed E-state index contributed by atoms with van der Waals surface area (Å²) in [7, 11) is 0. The van der Waals surface area contributed by atoms with Crippen LogP contribution in [-0.2, 0) is 11.2 Å². The van der Waals surface area contributed by atoms with Gasteiger partial charge in [-0.05, 0) is 37.8 Å². The van der Waals surface area contributed by atoms with Gasteiger partial charge in [0.05, 0.1) is 6.61 Å². The average Bonchev–Trinajstić information content (AvgIpc) is 3.38. The molecule has 0 radical (unpaired) electrons. The number of phenols is 1. The number of phenolic OH excluding ortho intramolecular Hbond substituents is 1. The van der Waals surface area contributed by atoms with E-state index in [4.69, 9.17) is 9.15 Å². The van der Waals surface area contributed by atoms with Crippen LogP contribution in [0.25, 0.3) is 22.3 Å². The van der Waals surface area contributed by atoms with E-state index in [1.54, 1.807) is 19.1 Å². The van der Waals surface area contributed by atoms with Gasteiger partial charge in [0.15, 0.2) is 0 Å². The quantitative estimate of drug-likeness (QED) is 0.467. The predicted molar refractivity (Wildman–Crippen MR) is 114 cm³/mol. The van der Waals surface area contributed by atoms with E-state index in [-0.39, 0.29) is 12.4 Å². The highest BCUT2D eigenvalue weighted by molar-refractivity contribution is 6.10. The fourth-order valence-corrected chi connectivity index (χ4v) is 4.56. The number of hydrogen-bond acceptors (Lipinski definition) is 4. The Hall–Kier alpha value is -2.75. The number of carbonyl (C=O) groups excluding carboxylic acids is 1. The summed E-state index contributed by atoms with van der Waals surface area (Å²) in [5.74, 6) is 1.11. The second kappa shape index (κ2) is 8.73. The van der Waals surface area contributed by atoms with Crippen LogP contribution in [0.3, 0.4) is 0 Å². The summed E-state index contributed by atoms with van der Waals surface area (Å²) in [5, 5.41) is 11.3. The number of hydrogen-bond donors (Lipinski definition) is 1. The third-order valence-electron chi connectivity index (χ3n) is 5.97. The molecule has 2 aromatic carbocycles. The summed E-state index contributed by atoms with van der Waals surface area (Å²) in [6.45, 7) is 2.08. The highest BCUT2D eigenvalue weighted by atomic mass is 16.5. The van der Waals surface area contributed by atoms with E-state index in [9.17, 15) is 9.90 Å². The van der Waals surface area contributed by atoms with Gasteiger partial charge in [0.1, 0.15) is 22.7 Å². The number of rotatable bonds is 7. The molecule has 1 heterocycles. The summed E-state index contributed by atoms with van der Waals surface area (Å²) in [6.07, 6.45) is 8.17. The summed E-state index contributed by atoms with van der Waals surface area (Å²) in [6, 6.07) is 13.0. The summed E-state index contributed by atoms with van der Waals surface area (Å²) < 4.78 is 11.5. The molecule has 29 heavy (non-hydrogen) atoms. The van der Waals surface area contributed by atoms with Gasteiger partial charge in [0.25, 0.3) is 0 Å². The first-order valence-corrected chi connectivity index (χ1v) is 10.7. The first-order valence-electron chi connectivity index (χ1n) is 10.7. The Morgan fingerprint density at radius 2 is 1.90 bits per heavy atom. The number of aryl methyl sites for hydroxylation is 1. The number of carbonyl (C=O) groups is 1. The molecule has 4 nitrogen and oxygen atoms in total. The first-order chi connectivity index (χ1) is 14.2. The molecule has 0 amide bonds. The molecule has 4 heteroatoms. The lowest BCUT2D eigenvalue weighted by atomic mass is 9.94. The average molecular weight is 392 g/mol. The maximum Gasteiger partial charge on any atom is 0.342 e. The van der Waals surface area contributed by atoms with Gasteiger partial charge in [0, 0.05) is 16.5 Å². The predicted octanol–water partition coefficient (Wildman–Crippen LogP) is 6.50. The van der Waals surface area contributed by atoms with Crippen molar-refractivity contribution in [3.05, 3.63) is 53.6 Å². The lowest BCUT2D eigenvalue weighted by molar-refractivity contribution is 0.0528. The van der Waals surface area contributed by atoms with Crippen LogP contribution in [0.4, 0.5) is 0 Å². The monoisotopic (exact) mass is 392 g/mol. The van der Waals surface area contributed by atoms with E-state index in [0.717, 1.165) is 36.3 Å². The van der Waals surface area contributed by atoms with Crippen LogP contribution < -0.4 is 0 Å². The van der Waals surface area contributed by atoms with Crippen LogP contribution in [0, 0.1) is 5.92 Å². The molecule has 0 saturated heterocycles. The minimum Gasteiger partial charge on any atom is -0.508 e. The third-order valence-corrected chi connectivity index (χ3v) is 5.97. The van der Waals surface area contributed by atoms with E-state index in [0.29, 0.717) is 22.3 Å². The molecule has 0 atom stereocenters. The second-order valence-corrected chi connectivity index (χ2v) is 7.87. The summed E-state index contributed by atoms with van der Waals surface area (Å²) >= 11 is 0. The zero-order chi connectivity index (χ0) is 20.2. The molecule has 1 saturated carbocycles. The van der Waals surface area contributed by atoms with Gasteiger partial charge in [-0.15, -0.1) is 0 Å². The second-order valence-electron chi connectivity index (χ2n) is 7.87. The van der Waals surface area contributed by atoms with Gasteiger partial charge in [-0.3, -0.25) is 0 Å². The Labute approximate surface area is 171 Å². The highest BCUT2D eigenvalue weighted by Gasteiger charge is 2.26. The standard InChI is InChI=1S/C25H28O4/c1-2-28-25(27)23-22-19(14-8-11-17-9-6-7-10-17)20(26)15-16-21(22)29-24(23)18-12-4-3-5-13-18/h3-5,12-13,15-17,26H,2,6-11,14H2,1H3. The molecular formula is C25H28O4. The number of esters is 1. The van der Waals surface area contributed by atoms with Gasteiger partial charge >= 0.3 is 5.97 Å². The molecule has 0 unspecified atom stereocenters. The van der Waals surface area contributed by atoms with Crippen molar-refractivity contribution >= 4 is 16.9 Å². The Kier molecular flexibility index (Phi) is 5.89. The fraction of sp³-hybridized carbons (Fsp3) is 0.400. The highest BCUT2D eigenvalue weighted by Crippen LogP contribution is 2.40. The molecule has 1 aliphatic carbocycles. The van der Waals surface area contributed by atoms with Crippen molar-refractivity contribution in [1.82, 2.24) is 0 Å². The van der Waals surface area contributed by atoms with Crippen molar-refractivity contribution in [3.63, 3.8) is 0 Å². The summed E-state index contributed by atoms with van der Waals surface area (Å²) in [4.78, 5) is 12.9. The maximum absolute atomic E-state index is 12.9. The SMILES string of the molecule is CCOC(=O)c1c(-c2ccccc2)oc2ccc(O)c(CCCC3CCCC3)c12. The minimum absolute atomic E-state index is 0.217. The Bertz CT molecular complexity index is 981. The van der Waals surface area contributed by atoms with E-state index < -0.39 is 5.97 Å². The lowest BCUT2D eigenvalue weighted by Gasteiger charge is -2.11. The van der Waals surface area contributed by atoms with Gasteiger partial charge in [-0.2, -0.15) is 0 Å². The number of fused-ring (bicyclic) bond motifs is 1. The molecule has 0 spiro atoms. The number of ether oxygens (including phenoxy) is 1. The van der Waals surface area contributed by atoms with Crippen LogP contribution in [-0.4, -0.2) is 17.7 Å². The van der Waals surface area contributed by atoms with Crippen molar-refractivity contribution in [1.29, 1.82) is 0 Å². The first kappa shape index (κ1) is 19.6. The van der Waals surface area contributed by atoms with Crippen LogP contribution >= 0.6 is 0 Å². The third kappa shape index (κ3) is 4.02. The maximum atomic E-state index is 12.9. The molecule has 0 aliphatic heterocycles. The lowest BCUT2D eigenvalue weighted by Crippen LogP contribution is -2.06. The van der Waals surface area contributed by atoms with Crippen LogP contribution in [0.5, 0.6) is 5.75 Å². The van der Waals surface area contributed by atoms with Crippen LogP contribution in [0.1, 0.15) is 61.4 Å². The van der Waals surface area contributed by atoms with E-state index in [1.165, 1.54) is 25.7 Å². The molecule has 152 valence electrons. The Morgan fingerprint density at radius 1 is 1.14 bits per heavy atom. The zero-order valence-corrected chi connectivity index (χ0v) is 16.9. The van der Waals surface area contributed by atoms with Gasteiger partial charge in [0.2, 0.25) is 0 Å². The van der Waals surface area contributed by atoms with E-state index in [1.807, 2.05) is 30.3 Å². The zero-order valence-electron chi connectivity index (χ0n) is 16.9.